The first-order chi connectivity index (χ1) is 11.8. The number of nitrogens with one attached hydrogen (secondary N) is 1. The van der Waals surface area contributed by atoms with Crippen LogP contribution in [0.5, 0.6) is 0 Å². The van der Waals surface area contributed by atoms with Gasteiger partial charge in [-0.05, 0) is 53.4 Å². The number of aromatic nitrogens is 1. The summed E-state index contributed by atoms with van der Waals surface area (Å²) < 4.78 is 2.03. The quantitative estimate of drug-likeness (QED) is 0.747. The summed E-state index contributed by atoms with van der Waals surface area (Å²) in [5, 5.41) is 5.89. The molecule has 3 nitrogen and oxygen atoms in total. The van der Waals surface area contributed by atoms with Crippen molar-refractivity contribution in [2.75, 3.05) is 13.1 Å². The Kier molecular flexibility index (Phi) is 3.10. The van der Waals surface area contributed by atoms with Crippen molar-refractivity contribution in [1.82, 2.24) is 9.88 Å². The van der Waals surface area contributed by atoms with Crippen molar-refractivity contribution in [1.29, 1.82) is 0 Å². The Morgan fingerprint density at radius 1 is 0.958 bits per heavy atom. The second-order valence-electron chi connectivity index (χ2n) is 7.11. The summed E-state index contributed by atoms with van der Waals surface area (Å²) in [7, 11) is 0. The van der Waals surface area contributed by atoms with E-state index in [9.17, 15) is 4.79 Å². The lowest BCUT2D eigenvalue weighted by atomic mass is 9.84. The third-order valence-corrected chi connectivity index (χ3v) is 5.57. The van der Waals surface area contributed by atoms with Crippen LogP contribution >= 0.6 is 0 Å². The molecule has 5 rings (SSSR count). The maximum absolute atomic E-state index is 13.1. The molecule has 3 aromatic rings. The summed E-state index contributed by atoms with van der Waals surface area (Å²) in [4.78, 5) is 13.1. The van der Waals surface area contributed by atoms with Crippen molar-refractivity contribution in [3.63, 3.8) is 0 Å². The molecule has 2 atom stereocenters. The molecule has 1 fully saturated rings. The average Bonchev–Trinajstić information content (AvgIpc) is 2.63. The first-order valence-corrected chi connectivity index (χ1v) is 8.73. The van der Waals surface area contributed by atoms with Crippen LogP contribution in [0.3, 0.4) is 0 Å². The molecule has 2 aliphatic rings. The SMILES string of the molecule is O=c1c(-c2ccc3ccccc3c2)ccc2n1C[C@H]1CNC[C@H]2C1. The van der Waals surface area contributed by atoms with Crippen LogP contribution < -0.4 is 10.9 Å². The molecule has 0 amide bonds. The molecule has 0 saturated carbocycles. The van der Waals surface area contributed by atoms with Crippen molar-refractivity contribution >= 4 is 10.8 Å². The van der Waals surface area contributed by atoms with Gasteiger partial charge in [-0.25, -0.2) is 0 Å². The number of piperidine rings is 1. The molecular weight excluding hydrogens is 296 g/mol. The third-order valence-electron chi connectivity index (χ3n) is 5.57. The standard InChI is InChI=1S/C21H20N2O/c24-21-19(17-6-5-15-3-1-2-4-16(15)10-17)7-8-20-18-9-14(11-22-12-18)13-23(20)21/h1-8,10,14,18,22H,9,11-13H2/t14-,18-/m1/s1. The van der Waals surface area contributed by atoms with Gasteiger partial charge in [-0.2, -0.15) is 0 Å². The van der Waals surface area contributed by atoms with Crippen molar-refractivity contribution in [3.8, 4) is 11.1 Å². The molecular formula is C21H20N2O. The van der Waals surface area contributed by atoms with Gasteiger partial charge in [0.05, 0.1) is 0 Å². The maximum Gasteiger partial charge on any atom is 0.258 e. The number of hydrogen-bond acceptors (Lipinski definition) is 2. The van der Waals surface area contributed by atoms with Crippen molar-refractivity contribution in [3.05, 3.63) is 70.6 Å². The van der Waals surface area contributed by atoms with E-state index in [1.54, 1.807) is 0 Å². The minimum atomic E-state index is 0.166. The molecule has 0 spiro atoms. The molecule has 2 aromatic carbocycles. The Hall–Kier alpha value is -2.39. The molecule has 1 saturated heterocycles. The lowest BCUT2D eigenvalue weighted by molar-refractivity contribution is 0.257. The fourth-order valence-corrected chi connectivity index (χ4v) is 4.37. The molecule has 1 N–H and O–H groups in total. The number of hydrogen-bond donors (Lipinski definition) is 1. The number of nitrogens with zero attached hydrogens (tertiary/aromatic N) is 1. The highest BCUT2D eigenvalue weighted by atomic mass is 16.1. The molecule has 120 valence electrons. The minimum absolute atomic E-state index is 0.166. The van der Waals surface area contributed by atoms with Gasteiger partial charge < -0.3 is 9.88 Å². The van der Waals surface area contributed by atoms with Crippen molar-refractivity contribution in [2.24, 2.45) is 5.92 Å². The topological polar surface area (TPSA) is 34.0 Å². The first kappa shape index (κ1) is 14.0. The van der Waals surface area contributed by atoms with E-state index < -0.39 is 0 Å². The Labute approximate surface area is 140 Å². The molecule has 0 unspecified atom stereocenters. The normalized spacial score (nSPS) is 22.3. The van der Waals surface area contributed by atoms with Gasteiger partial charge in [-0.1, -0.05) is 36.4 Å². The van der Waals surface area contributed by atoms with Gasteiger partial charge in [0.25, 0.3) is 5.56 Å². The largest absolute Gasteiger partial charge is 0.316 e. The van der Waals surface area contributed by atoms with Gasteiger partial charge in [0, 0.05) is 30.3 Å². The van der Waals surface area contributed by atoms with E-state index in [1.807, 2.05) is 22.8 Å². The second kappa shape index (κ2) is 5.32. The van der Waals surface area contributed by atoms with E-state index in [-0.39, 0.29) is 5.56 Å². The number of rotatable bonds is 1. The van der Waals surface area contributed by atoms with Crippen LogP contribution in [-0.2, 0) is 6.54 Å². The predicted octanol–water partition coefficient (Wildman–Crippen LogP) is 3.38. The molecule has 3 heteroatoms. The van der Waals surface area contributed by atoms with E-state index in [1.165, 1.54) is 22.9 Å². The molecule has 0 aliphatic carbocycles. The first-order valence-electron chi connectivity index (χ1n) is 8.73. The number of benzene rings is 2. The monoisotopic (exact) mass is 316 g/mol. The molecule has 3 heterocycles. The Balaban J connectivity index is 1.66. The van der Waals surface area contributed by atoms with Gasteiger partial charge in [0.15, 0.2) is 0 Å². The van der Waals surface area contributed by atoms with E-state index in [4.69, 9.17) is 0 Å². The van der Waals surface area contributed by atoms with Crippen molar-refractivity contribution in [2.45, 2.75) is 18.9 Å². The Morgan fingerprint density at radius 3 is 2.75 bits per heavy atom. The second-order valence-corrected chi connectivity index (χ2v) is 7.11. The zero-order valence-corrected chi connectivity index (χ0v) is 13.5. The van der Waals surface area contributed by atoms with Crippen LogP contribution in [0.15, 0.2) is 59.4 Å². The summed E-state index contributed by atoms with van der Waals surface area (Å²) in [6.45, 7) is 2.87. The Morgan fingerprint density at radius 2 is 1.83 bits per heavy atom. The fourth-order valence-electron chi connectivity index (χ4n) is 4.37. The highest BCUT2D eigenvalue weighted by Crippen LogP contribution is 2.33. The Bertz CT molecular complexity index is 989. The maximum atomic E-state index is 13.1. The average molecular weight is 316 g/mol. The smallest absolute Gasteiger partial charge is 0.258 e. The minimum Gasteiger partial charge on any atom is -0.316 e. The molecule has 2 aliphatic heterocycles. The summed E-state index contributed by atoms with van der Waals surface area (Å²) in [5.41, 5.74) is 3.20. The lowest BCUT2D eigenvalue weighted by Gasteiger charge is -2.37. The van der Waals surface area contributed by atoms with E-state index in [2.05, 4.69) is 41.7 Å². The van der Waals surface area contributed by atoms with Crippen LogP contribution in [0, 0.1) is 5.92 Å². The van der Waals surface area contributed by atoms with Crippen LogP contribution in [-0.4, -0.2) is 17.7 Å². The molecule has 1 aromatic heterocycles. The molecule has 0 radical (unpaired) electrons. The van der Waals surface area contributed by atoms with E-state index in [0.29, 0.717) is 11.8 Å². The van der Waals surface area contributed by atoms with Gasteiger partial charge in [0.2, 0.25) is 0 Å². The predicted molar refractivity (Wildman–Crippen MR) is 97.4 cm³/mol. The highest BCUT2D eigenvalue weighted by molar-refractivity contribution is 5.87. The molecule has 2 bridgehead atoms. The van der Waals surface area contributed by atoms with Crippen molar-refractivity contribution < 1.29 is 0 Å². The van der Waals surface area contributed by atoms with Crippen LogP contribution in [0.1, 0.15) is 18.0 Å². The lowest BCUT2D eigenvalue weighted by Crippen LogP contribution is -2.45. The third kappa shape index (κ3) is 2.12. The number of pyridine rings is 1. The number of fused-ring (bicyclic) bond motifs is 5. The van der Waals surface area contributed by atoms with Gasteiger partial charge in [-0.3, -0.25) is 4.79 Å². The fraction of sp³-hybridized carbons (Fsp3) is 0.286. The highest BCUT2D eigenvalue weighted by Gasteiger charge is 2.31. The zero-order chi connectivity index (χ0) is 16.1. The molecule has 24 heavy (non-hydrogen) atoms. The summed E-state index contributed by atoms with van der Waals surface area (Å²) in [6.07, 6.45) is 1.21. The van der Waals surface area contributed by atoms with Crippen LogP contribution in [0.4, 0.5) is 0 Å². The zero-order valence-electron chi connectivity index (χ0n) is 13.5. The van der Waals surface area contributed by atoms with Crippen LogP contribution in [0.25, 0.3) is 21.9 Å². The van der Waals surface area contributed by atoms with E-state index in [0.717, 1.165) is 30.8 Å². The summed E-state index contributed by atoms with van der Waals surface area (Å²) in [6, 6.07) is 18.8. The summed E-state index contributed by atoms with van der Waals surface area (Å²) >= 11 is 0. The van der Waals surface area contributed by atoms with Gasteiger partial charge in [0.1, 0.15) is 0 Å². The van der Waals surface area contributed by atoms with Gasteiger partial charge >= 0.3 is 0 Å². The van der Waals surface area contributed by atoms with E-state index >= 15 is 0 Å². The van der Waals surface area contributed by atoms with Crippen LogP contribution in [0.2, 0.25) is 0 Å². The summed E-state index contributed by atoms with van der Waals surface area (Å²) in [5.74, 6) is 1.07. The van der Waals surface area contributed by atoms with Gasteiger partial charge in [-0.15, -0.1) is 0 Å².